The molecule has 2 aliphatic heterocycles. The first-order valence-corrected chi connectivity index (χ1v) is 15.4. The number of aliphatic hydroxyl groups is 1. The lowest BCUT2D eigenvalue weighted by atomic mass is 10.1. The van der Waals surface area contributed by atoms with Gasteiger partial charge in [0.15, 0.2) is 14.9 Å². The summed E-state index contributed by atoms with van der Waals surface area (Å²) in [6, 6.07) is 8.63. The number of hydrogen-bond acceptors (Lipinski definition) is 10. The van der Waals surface area contributed by atoms with Crippen LogP contribution in [0.2, 0.25) is 0 Å². The molecule has 0 aliphatic carbocycles. The highest BCUT2D eigenvalue weighted by molar-refractivity contribution is 8.15. The van der Waals surface area contributed by atoms with Crippen molar-refractivity contribution in [2.45, 2.75) is 35.6 Å². The molecule has 5 rings (SSSR count). The van der Waals surface area contributed by atoms with Crippen LogP contribution in [-0.4, -0.2) is 85.0 Å². The average molecular weight is 575 g/mol. The van der Waals surface area contributed by atoms with Crippen molar-refractivity contribution in [2.24, 2.45) is 4.99 Å². The fourth-order valence-corrected chi connectivity index (χ4v) is 6.00. The van der Waals surface area contributed by atoms with E-state index in [9.17, 15) is 13.2 Å². The summed E-state index contributed by atoms with van der Waals surface area (Å²) in [5, 5.41) is 13.3. The number of rotatable bonds is 10. The average Bonchev–Trinajstić information content (AvgIpc) is 3.55. The van der Waals surface area contributed by atoms with Crippen molar-refractivity contribution in [1.29, 1.82) is 0 Å². The van der Waals surface area contributed by atoms with Crippen molar-refractivity contribution in [3.05, 3.63) is 42.2 Å². The Bertz CT molecular complexity index is 1470. The lowest BCUT2D eigenvalue weighted by Crippen LogP contribution is -2.29. The molecule has 1 saturated heterocycles. The number of aromatic nitrogens is 2. The Morgan fingerprint density at radius 2 is 2.05 bits per heavy atom. The maximum Gasteiger partial charge on any atom is 0.221 e. The number of aromatic amines is 1. The van der Waals surface area contributed by atoms with Crippen molar-refractivity contribution >= 4 is 43.5 Å². The number of sulfone groups is 1. The number of aliphatic imine (C=N–C) groups is 1. The second-order valence-corrected chi connectivity index (χ2v) is 12.6. The monoisotopic (exact) mass is 574 g/mol. The number of ether oxygens (including phenoxy) is 3. The zero-order valence-corrected chi connectivity index (χ0v) is 23.0. The Labute approximate surface area is 230 Å². The van der Waals surface area contributed by atoms with E-state index in [1.54, 1.807) is 23.9 Å². The quantitative estimate of drug-likeness (QED) is 0.332. The van der Waals surface area contributed by atoms with Crippen LogP contribution in [0.25, 0.3) is 10.9 Å². The molecule has 1 fully saturated rings. The second-order valence-electron chi connectivity index (χ2n) is 9.37. The third-order valence-electron chi connectivity index (χ3n) is 6.25. The van der Waals surface area contributed by atoms with Gasteiger partial charge in [-0.05, 0) is 24.3 Å². The molecule has 0 spiro atoms. The fourth-order valence-electron chi connectivity index (χ4n) is 4.35. The van der Waals surface area contributed by atoms with Gasteiger partial charge >= 0.3 is 0 Å². The number of nitrogens with zero attached hydrogens (tertiary/aromatic N) is 2. The Morgan fingerprint density at radius 1 is 1.23 bits per heavy atom. The van der Waals surface area contributed by atoms with Crippen molar-refractivity contribution in [3.63, 3.8) is 0 Å². The van der Waals surface area contributed by atoms with E-state index >= 15 is 0 Å². The molecule has 1 amide bonds. The van der Waals surface area contributed by atoms with E-state index in [0.29, 0.717) is 43.4 Å². The van der Waals surface area contributed by atoms with Gasteiger partial charge < -0.3 is 29.6 Å². The highest BCUT2D eigenvalue weighted by Gasteiger charge is 2.25. The number of pyridine rings is 1. The number of hydrogen-bond donors (Lipinski definition) is 3. The van der Waals surface area contributed by atoms with Gasteiger partial charge in [0.05, 0.1) is 43.8 Å². The number of amides is 1. The van der Waals surface area contributed by atoms with Crippen LogP contribution in [0.15, 0.2) is 46.5 Å². The number of aliphatic hydroxyl groups excluding tert-OH is 1. The molecule has 0 saturated carbocycles. The third kappa shape index (κ3) is 6.90. The first-order valence-electron chi connectivity index (χ1n) is 12.6. The smallest absolute Gasteiger partial charge is 0.221 e. The van der Waals surface area contributed by atoms with Crippen LogP contribution in [0.3, 0.4) is 0 Å². The Hall–Kier alpha value is -3.13. The molecule has 3 N–H and O–H groups in total. The molecular weight excluding hydrogens is 544 g/mol. The van der Waals surface area contributed by atoms with Crippen LogP contribution in [0.4, 0.5) is 0 Å². The molecule has 13 heteroatoms. The number of H-pyrrole nitrogens is 1. The minimum atomic E-state index is -3.41. The number of carbonyl (C=O) groups is 1. The molecule has 4 heterocycles. The molecule has 2 aliphatic rings. The molecule has 0 bridgehead atoms. The summed E-state index contributed by atoms with van der Waals surface area (Å²) in [5.74, 6) is 1.43. The maximum atomic E-state index is 12.1. The minimum Gasteiger partial charge on any atom is -0.488 e. The van der Waals surface area contributed by atoms with E-state index in [1.807, 2.05) is 12.1 Å². The van der Waals surface area contributed by atoms with E-state index in [2.05, 4.69) is 20.3 Å². The van der Waals surface area contributed by atoms with Gasteiger partial charge in [0.1, 0.15) is 28.4 Å². The summed E-state index contributed by atoms with van der Waals surface area (Å²) >= 11 is 1.54. The lowest BCUT2D eigenvalue weighted by molar-refractivity contribution is -0.121. The normalized spacial score (nSPS) is 18.2. The van der Waals surface area contributed by atoms with Gasteiger partial charge in [-0.2, -0.15) is 0 Å². The van der Waals surface area contributed by atoms with Crippen molar-refractivity contribution in [1.82, 2.24) is 15.3 Å². The highest BCUT2D eigenvalue weighted by atomic mass is 32.2. The highest BCUT2D eigenvalue weighted by Crippen LogP contribution is 2.37. The molecule has 2 aromatic heterocycles. The van der Waals surface area contributed by atoms with Gasteiger partial charge in [-0.1, -0.05) is 11.8 Å². The van der Waals surface area contributed by atoms with Gasteiger partial charge in [-0.25, -0.2) is 13.4 Å². The van der Waals surface area contributed by atoms with Crippen molar-refractivity contribution in [3.8, 4) is 17.2 Å². The summed E-state index contributed by atoms with van der Waals surface area (Å²) in [6.45, 7) is 1.95. The van der Waals surface area contributed by atoms with Gasteiger partial charge in [0.2, 0.25) is 5.91 Å². The van der Waals surface area contributed by atoms with E-state index in [-0.39, 0.29) is 35.4 Å². The predicted molar refractivity (Wildman–Crippen MR) is 148 cm³/mol. The molecule has 208 valence electrons. The largest absolute Gasteiger partial charge is 0.488 e. The van der Waals surface area contributed by atoms with Crippen molar-refractivity contribution in [2.75, 3.05) is 39.2 Å². The summed E-state index contributed by atoms with van der Waals surface area (Å²) < 4.78 is 41.4. The SMILES string of the molecule is CS(=O)(=O)c1ccc(Oc2cc(OC3CCOCC3)c3[nH]c(C4=NCC(CC(=O)NCCO)S4)cc3c2)cn1. The summed E-state index contributed by atoms with van der Waals surface area (Å²) in [5.41, 5.74) is 1.63. The van der Waals surface area contributed by atoms with Crippen LogP contribution >= 0.6 is 11.8 Å². The molecule has 0 radical (unpaired) electrons. The van der Waals surface area contributed by atoms with Crippen LogP contribution in [-0.2, 0) is 19.4 Å². The molecule has 1 aromatic carbocycles. The number of nitrogens with one attached hydrogen (secondary N) is 2. The number of thioether (sulfide) groups is 1. The number of carbonyl (C=O) groups excluding carboxylic acids is 1. The predicted octanol–water partition coefficient (Wildman–Crippen LogP) is 2.68. The van der Waals surface area contributed by atoms with Gasteiger partial charge in [0, 0.05) is 48.8 Å². The Kier molecular flexibility index (Phi) is 8.40. The second kappa shape index (κ2) is 11.9. The van der Waals surface area contributed by atoms with Gasteiger partial charge in [-0.3, -0.25) is 9.79 Å². The minimum absolute atomic E-state index is 0.000305. The van der Waals surface area contributed by atoms with Crippen LogP contribution < -0.4 is 14.8 Å². The van der Waals surface area contributed by atoms with E-state index in [0.717, 1.165) is 40.7 Å². The summed E-state index contributed by atoms with van der Waals surface area (Å²) in [6.07, 6.45) is 4.36. The molecular formula is C26H30N4O7S2. The third-order valence-corrected chi connectivity index (χ3v) is 8.47. The first-order chi connectivity index (χ1) is 18.8. The molecule has 11 nitrogen and oxygen atoms in total. The lowest BCUT2D eigenvalue weighted by Gasteiger charge is -2.24. The van der Waals surface area contributed by atoms with Crippen LogP contribution in [0, 0.1) is 0 Å². The zero-order chi connectivity index (χ0) is 27.4. The number of fused-ring (bicyclic) bond motifs is 1. The Morgan fingerprint density at radius 3 is 2.77 bits per heavy atom. The van der Waals surface area contributed by atoms with Gasteiger partial charge in [-0.15, -0.1) is 0 Å². The molecule has 39 heavy (non-hydrogen) atoms. The van der Waals surface area contributed by atoms with Crippen LogP contribution in [0.5, 0.6) is 17.2 Å². The number of benzene rings is 1. The van der Waals surface area contributed by atoms with E-state index in [1.165, 1.54) is 12.3 Å². The van der Waals surface area contributed by atoms with E-state index in [4.69, 9.17) is 19.3 Å². The zero-order valence-electron chi connectivity index (χ0n) is 21.4. The molecule has 3 aromatic rings. The molecule has 1 unspecified atom stereocenters. The maximum absolute atomic E-state index is 12.1. The van der Waals surface area contributed by atoms with Crippen molar-refractivity contribution < 1.29 is 32.5 Å². The summed E-state index contributed by atoms with van der Waals surface area (Å²) in [7, 11) is -3.41. The Balaban J connectivity index is 1.39. The van der Waals surface area contributed by atoms with Crippen LogP contribution in [0.1, 0.15) is 25.0 Å². The first kappa shape index (κ1) is 27.4. The topological polar surface area (TPSA) is 152 Å². The summed E-state index contributed by atoms with van der Waals surface area (Å²) in [4.78, 5) is 24.2. The van der Waals surface area contributed by atoms with E-state index < -0.39 is 9.84 Å². The van der Waals surface area contributed by atoms with Gasteiger partial charge in [0.25, 0.3) is 0 Å². The molecule has 1 atom stereocenters. The fraction of sp³-hybridized carbons (Fsp3) is 0.423. The standard InChI is InChI=1S/C26H30N4O7S2/c1-39(33,34)24-3-2-18(14-28-24)36-19-10-16-11-21(26-29-15-20(38-26)13-23(32)27-6-7-31)30-25(16)22(12-19)37-17-4-8-35-9-5-17/h2-3,10-12,14,17,20,30-31H,4-9,13,15H2,1H3,(H,27,32).